The van der Waals surface area contributed by atoms with Gasteiger partial charge >= 0.3 is 0 Å². The van der Waals surface area contributed by atoms with Crippen molar-refractivity contribution in [1.29, 1.82) is 0 Å². The number of anilines is 1. The molecule has 1 aromatic carbocycles. The van der Waals surface area contributed by atoms with Gasteiger partial charge in [-0.05, 0) is 29.8 Å². The van der Waals surface area contributed by atoms with Crippen LogP contribution < -0.4 is 5.73 Å². The summed E-state index contributed by atoms with van der Waals surface area (Å²) in [6.07, 6.45) is 1.71. The average Bonchev–Trinajstić information content (AvgIpc) is 2.33. The number of nitrogens with two attached hydrogens (primary N) is 1. The fraction of sp³-hybridized carbons (Fsp3) is 0.0833. The van der Waals surface area contributed by atoms with Crippen molar-refractivity contribution in [2.24, 2.45) is 0 Å². The summed E-state index contributed by atoms with van der Waals surface area (Å²) >= 11 is 7.21. The summed E-state index contributed by atoms with van der Waals surface area (Å²) in [6, 6.07) is 8.44. The number of halogens is 2. The second-order valence-corrected chi connectivity index (χ2v) is 4.90. The second-order valence-electron chi connectivity index (χ2n) is 3.46. The predicted octanol–water partition coefficient (Wildman–Crippen LogP) is 3.75. The minimum atomic E-state index is -0.385. The summed E-state index contributed by atoms with van der Waals surface area (Å²) in [6.45, 7) is 0. The highest BCUT2D eigenvalue weighted by Gasteiger charge is 2.01. The molecule has 2 rings (SSSR count). The van der Waals surface area contributed by atoms with Crippen LogP contribution in [0.15, 0.2) is 41.4 Å². The predicted molar refractivity (Wildman–Crippen MR) is 69.6 cm³/mol. The molecule has 0 saturated carbocycles. The van der Waals surface area contributed by atoms with E-state index in [0.29, 0.717) is 10.9 Å². The van der Waals surface area contributed by atoms with Gasteiger partial charge in [0.05, 0.1) is 5.69 Å². The van der Waals surface area contributed by atoms with Gasteiger partial charge in [-0.15, -0.1) is 11.8 Å². The topological polar surface area (TPSA) is 38.9 Å². The van der Waals surface area contributed by atoms with Crippen LogP contribution in [0.25, 0.3) is 0 Å². The van der Waals surface area contributed by atoms with Crippen molar-refractivity contribution in [1.82, 2.24) is 4.98 Å². The monoisotopic (exact) mass is 268 g/mol. The molecule has 0 spiro atoms. The minimum Gasteiger partial charge on any atom is -0.396 e. The van der Waals surface area contributed by atoms with E-state index in [1.165, 1.54) is 17.8 Å². The number of rotatable bonds is 3. The fourth-order valence-electron chi connectivity index (χ4n) is 1.26. The number of aromatic nitrogens is 1. The van der Waals surface area contributed by atoms with E-state index in [-0.39, 0.29) is 11.5 Å². The van der Waals surface area contributed by atoms with Gasteiger partial charge in [-0.1, -0.05) is 17.7 Å². The Morgan fingerprint density at radius 3 is 2.76 bits per heavy atom. The maximum atomic E-state index is 13.2. The first kappa shape index (κ1) is 12.2. The van der Waals surface area contributed by atoms with Gasteiger partial charge in [0, 0.05) is 16.8 Å². The first-order chi connectivity index (χ1) is 8.15. The van der Waals surface area contributed by atoms with Crippen LogP contribution in [0, 0.1) is 5.82 Å². The van der Waals surface area contributed by atoms with E-state index in [4.69, 9.17) is 17.3 Å². The summed E-state index contributed by atoms with van der Waals surface area (Å²) in [5.74, 6) is 0.331. The van der Waals surface area contributed by atoms with Crippen molar-refractivity contribution >= 4 is 29.1 Å². The van der Waals surface area contributed by atoms with E-state index in [1.807, 2.05) is 6.07 Å². The summed E-state index contributed by atoms with van der Waals surface area (Å²) in [7, 11) is 0. The van der Waals surface area contributed by atoms with Crippen LogP contribution in [0.5, 0.6) is 0 Å². The first-order valence-corrected chi connectivity index (χ1v) is 6.30. The van der Waals surface area contributed by atoms with Crippen LogP contribution >= 0.6 is 23.4 Å². The largest absolute Gasteiger partial charge is 0.396 e. The molecule has 0 radical (unpaired) electrons. The third-order valence-corrected chi connectivity index (χ3v) is 3.45. The molecule has 17 heavy (non-hydrogen) atoms. The second kappa shape index (κ2) is 5.38. The highest BCUT2D eigenvalue weighted by atomic mass is 35.5. The Labute approximate surface area is 108 Å². The molecule has 2 N–H and O–H groups in total. The lowest BCUT2D eigenvalue weighted by atomic mass is 10.3. The van der Waals surface area contributed by atoms with Gasteiger partial charge in [0.2, 0.25) is 0 Å². The molecule has 0 unspecified atom stereocenters. The summed E-state index contributed by atoms with van der Waals surface area (Å²) < 4.78 is 13.2. The van der Waals surface area contributed by atoms with Gasteiger partial charge in [0.1, 0.15) is 11.0 Å². The van der Waals surface area contributed by atoms with Gasteiger partial charge in [0.25, 0.3) is 0 Å². The van der Waals surface area contributed by atoms with E-state index in [1.54, 1.807) is 24.4 Å². The van der Waals surface area contributed by atoms with Crippen molar-refractivity contribution in [2.75, 3.05) is 5.73 Å². The Morgan fingerprint density at radius 2 is 2.12 bits per heavy atom. The van der Waals surface area contributed by atoms with E-state index < -0.39 is 0 Å². The van der Waals surface area contributed by atoms with Crippen LogP contribution in [-0.2, 0) is 5.75 Å². The molecule has 2 nitrogen and oxygen atoms in total. The maximum absolute atomic E-state index is 13.2. The molecule has 1 heterocycles. The van der Waals surface area contributed by atoms with Crippen molar-refractivity contribution in [3.8, 4) is 0 Å². The highest BCUT2D eigenvalue weighted by Crippen LogP contribution is 2.25. The molecule has 88 valence electrons. The summed E-state index contributed by atoms with van der Waals surface area (Å²) in [5.41, 5.74) is 6.61. The number of nitrogen functional groups attached to an aromatic ring is 1. The molecule has 1 aromatic heterocycles. The normalized spacial score (nSPS) is 10.5. The van der Waals surface area contributed by atoms with E-state index in [2.05, 4.69) is 4.98 Å². The molecule has 0 saturated heterocycles. The van der Waals surface area contributed by atoms with E-state index >= 15 is 0 Å². The molecule has 0 fully saturated rings. The molecule has 0 amide bonds. The summed E-state index contributed by atoms with van der Waals surface area (Å²) in [5, 5.41) is 0.470. The van der Waals surface area contributed by atoms with Gasteiger partial charge in [-0.2, -0.15) is 0 Å². The van der Waals surface area contributed by atoms with Crippen LogP contribution in [0.2, 0.25) is 5.15 Å². The quantitative estimate of drug-likeness (QED) is 0.523. The maximum Gasteiger partial charge on any atom is 0.147 e. The zero-order valence-corrected chi connectivity index (χ0v) is 10.4. The fourth-order valence-corrected chi connectivity index (χ4v) is 2.22. The standard InChI is InChI=1S/C12H10ClFN2S/c13-12-4-1-8(6-16-12)7-17-9-2-3-11(15)10(14)5-9/h1-6H,7,15H2. The van der Waals surface area contributed by atoms with Crippen molar-refractivity contribution < 1.29 is 4.39 Å². The van der Waals surface area contributed by atoms with E-state index in [0.717, 1.165) is 10.5 Å². The highest BCUT2D eigenvalue weighted by molar-refractivity contribution is 7.98. The van der Waals surface area contributed by atoms with Crippen LogP contribution in [0.1, 0.15) is 5.56 Å². The lowest BCUT2D eigenvalue weighted by Gasteiger charge is -2.03. The third kappa shape index (κ3) is 3.35. The molecule has 0 aliphatic heterocycles. The van der Waals surface area contributed by atoms with E-state index in [9.17, 15) is 4.39 Å². The molecule has 2 aromatic rings. The molecule has 0 atom stereocenters. The Bertz CT molecular complexity index is 516. The Hall–Kier alpha value is -1.26. The Morgan fingerprint density at radius 1 is 1.29 bits per heavy atom. The number of hydrogen-bond donors (Lipinski definition) is 1. The van der Waals surface area contributed by atoms with Crippen LogP contribution in [0.4, 0.5) is 10.1 Å². The molecule has 0 aliphatic rings. The Kier molecular flexibility index (Phi) is 3.86. The third-order valence-electron chi connectivity index (χ3n) is 2.17. The molecule has 0 aliphatic carbocycles. The molecule has 0 bridgehead atoms. The number of thioether (sulfide) groups is 1. The van der Waals surface area contributed by atoms with Gasteiger partial charge in [0.15, 0.2) is 0 Å². The zero-order valence-electron chi connectivity index (χ0n) is 8.86. The molecular formula is C12H10ClFN2S. The smallest absolute Gasteiger partial charge is 0.147 e. The van der Waals surface area contributed by atoms with Crippen molar-refractivity contribution in [3.05, 3.63) is 53.1 Å². The lowest BCUT2D eigenvalue weighted by Crippen LogP contribution is -1.90. The minimum absolute atomic E-state index is 0.169. The van der Waals surface area contributed by atoms with Crippen molar-refractivity contribution in [3.63, 3.8) is 0 Å². The average molecular weight is 269 g/mol. The van der Waals surface area contributed by atoms with Gasteiger partial charge in [-0.25, -0.2) is 9.37 Å². The number of hydrogen-bond acceptors (Lipinski definition) is 3. The molecular weight excluding hydrogens is 259 g/mol. The SMILES string of the molecule is Nc1ccc(SCc2ccc(Cl)nc2)cc1F. The van der Waals surface area contributed by atoms with Crippen LogP contribution in [-0.4, -0.2) is 4.98 Å². The number of pyridine rings is 1. The lowest BCUT2D eigenvalue weighted by molar-refractivity contribution is 0.629. The van der Waals surface area contributed by atoms with Crippen LogP contribution in [0.3, 0.4) is 0 Å². The number of benzene rings is 1. The first-order valence-electron chi connectivity index (χ1n) is 4.93. The van der Waals surface area contributed by atoms with Crippen molar-refractivity contribution in [2.45, 2.75) is 10.6 Å². The Balaban J connectivity index is 2.02. The zero-order chi connectivity index (χ0) is 12.3. The molecule has 5 heteroatoms. The van der Waals surface area contributed by atoms with Gasteiger partial charge in [-0.3, -0.25) is 0 Å². The van der Waals surface area contributed by atoms with Gasteiger partial charge < -0.3 is 5.73 Å². The summed E-state index contributed by atoms with van der Waals surface area (Å²) in [4.78, 5) is 4.82. The number of nitrogens with zero attached hydrogens (tertiary/aromatic N) is 1.